The number of aliphatic carboxylic acids is 1. The number of pyridine rings is 1. The van der Waals surface area contributed by atoms with Crippen molar-refractivity contribution < 1.29 is 14.7 Å². The lowest BCUT2D eigenvalue weighted by Crippen LogP contribution is -2.31. The van der Waals surface area contributed by atoms with Crippen molar-refractivity contribution >= 4 is 29.2 Å². The van der Waals surface area contributed by atoms with Gasteiger partial charge in [0, 0.05) is 18.4 Å². The zero-order valence-corrected chi connectivity index (χ0v) is 11.6. The molecule has 1 atom stereocenters. The Morgan fingerprint density at radius 3 is 2.71 bits per heavy atom. The number of carboxylic acids is 1. The largest absolute Gasteiger partial charge is 0.481 e. The summed E-state index contributed by atoms with van der Waals surface area (Å²) in [5.74, 6) is -2.01. The number of rotatable bonds is 2. The van der Waals surface area contributed by atoms with Crippen LogP contribution in [0.3, 0.4) is 0 Å². The van der Waals surface area contributed by atoms with Gasteiger partial charge in [-0.05, 0) is 23.8 Å². The summed E-state index contributed by atoms with van der Waals surface area (Å²) in [7, 11) is 0. The molecule has 1 amide bonds. The molecular weight excluding hydrogens is 292 g/mol. The predicted octanol–water partition coefficient (Wildman–Crippen LogP) is 2.56. The fraction of sp³-hybridized carbons (Fsp3) is 0.133. The lowest BCUT2D eigenvalue weighted by Gasteiger charge is -2.17. The van der Waals surface area contributed by atoms with Crippen molar-refractivity contribution in [2.75, 3.05) is 11.4 Å². The molecule has 6 heteroatoms. The van der Waals surface area contributed by atoms with Gasteiger partial charge in [-0.15, -0.1) is 0 Å². The first-order valence-corrected chi connectivity index (χ1v) is 6.71. The fourth-order valence-corrected chi connectivity index (χ4v) is 2.70. The summed E-state index contributed by atoms with van der Waals surface area (Å²) in [6, 6.07) is 10.2. The van der Waals surface area contributed by atoms with Crippen LogP contribution >= 0.6 is 11.6 Å². The van der Waals surface area contributed by atoms with Crippen LogP contribution < -0.4 is 4.90 Å². The second-order valence-electron chi connectivity index (χ2n) is 4.71. The molecule has 0 aliphatic carbocycles. The number of amides is 1. The minimum atomic E-state index is -0.949. The van der Waals surface area contributed by atoms with E-state index in [4.69, 9.17) is 11.6 Å². The van der Waals surface area contributed by atoms with E-state index >= 15 is 0 Å². The molecule has 0 spiro atoms. The van der Waals surface area contributed by atoms with Gasteiger partial charge in [0.2, 0.25) is 0 Å². The van der Waals surface area contributed by atoms with Crippen LogP contribution in [0.4, 0.5) is 5.69 Å². The molecule has 0 fully saturated rings. The molecule has 0 radical (unpaired) electrons. The van der Waals surface area contributed by atoms with Crippen LogP contribution in [0, 0.1) is 0 Å². The maximum Gasteiger partial charge on any atom is 0.312 e. The number of hydrogen-bond acceptors (Lipinski definition) is 3. The molecular formula is C15H11ClN2O3. The molecule has 1 aromatic carbocycles. The number of hydrogen-bond donors (Lipinski definition) is 1. The van der Waals surface area contributed by atoms with Gasteiger partial charge in [0.25, 0.3) is 5.91 Å². The van der Waals surface area contributed by atoms with E-state index in [0.29, 0.717) is 11.3 Å². The van der Waals surface area contributed by atoms with Crippen LogP contribution in [0.5, 0.6) is 0 Å². The summed E-state index contributed by atoms with van der Waals surface area (Å²) in [5.41, 5.74) is 1.51. The molecule has 1 unspecified atom stereocenters. The lowest BCUT2D eigenvalue weighted by atomic mass is 10.0. The maximum absolute atomic E-state index is 12.6. The van der Waals surface area contributed by atoms with E-state index in [1.165, 1.54) is 11.1 Å². The number of halogens is 1. The van der Waals surface area contributed by atoms with E-state index in [0.717, 1.165) is 0 Å². The van der Waals surface area contributed by atoms with E-state index in [2.05, 4.69) is 4.98 Å². The summed E-state index contributed by atoms with van der Waals surface area (Å²) in [6.45, 7) is 0.0960. The Hall–Kier alpha value is -2.40. The molecule has 5 nitrogen and oxygen atoms in total. The van der Waals surface area contributed by atoms with Gasteiger partial charge in [0.1, 0.15) is 11.1 Å². The van der Waals surface area contributed by atoms with Crippen molar-refractivity contribution in [1.82, 2.24) is 4.98 Å². The molecule has 0 saturated heterocycles. The zero-order valence-electron chi connectivity index (χ0n) is 10.9. The van der Waals surface area contributed by atoms with Crippen molar-refractivity contribution in [3.8, 4) is 0 Å². The first kappa shape index (κ1) is 13.6. The van der Waals surface area contributed by atoms with E-state index in [1.54, 1.807) is 36.4 Å². The fourth-order valence-electron chi connectivity index (χ4n) is 2.50. The smallest absolute Gasteiger partial charge is 0.312 e. The third kappa shape index (κ3) is 2.25. The predicted molar refractivity (Wildman–Crippen MR) is 77.7 cm³/mol. The molecule has 2 heterocycles. The number of para-hydroxylation sites is 1. The summed E-state index contributed by atoms with van der Waals surface area (Å²) in [6.07, 6.45) is 1.50. The van der Waals surface area contributed by atoms with Crippen molar-refractivity contribution in [3.05, 3.63) is 58.9 Å². The summed E-state index contributed by atoms with van der Waals surface area (Å²) in [5, 5.41) is 9.42. The molecule has 0 bridgehead atoms. The summed E-state index contributed by atoms with van der Waals surface area (Å²) < 4.78 is 0. The number of carbonyl (C=O) groups excluding carboxylic acids is 1. The van der Waals surface area contributed by atoms with Crippen LogP contribution in [0.1, 0.15) is 21.8 Å². The number of fused-ring (bicyclic) bond motifs is 1. The van der Waals surface area contributed by atoms with Crippen molar-refractivity contribution in [3.63, 3.8) is 0 Å². The molecule has 1 aliphatic rings. The topological polar surface area (TPSA) is 70.5 Å². The van der Waals surface area contributed by atoms with Gasteiger partial charge >= 0.3 is 5.97 Å². The Labute approximate surface area is 125 Å². The number of nitrogens with zero attached hydrogens (tertiary/aromatic N) is 2. The molecule has 21 heavy (non-hydrogen) atoms. The van der Waals surface area contributed by atoms with Gasteiger partial charge in [0.15, 0.2) is 0 Å². The van der Waals surface area contributed by atoms with E-state index in [9.17, 15) is 14.7 Å². The Kier molecular flexibility index (Phi) is 3.35. The van der Waals surface area contributed by atoms with Crippen LogP contribution in [-0.2, 0) is 4.79 Å². The molecule has 1 aromatic heterocycles. The van der Waals surface area contributed by atoms with E-state index in [-0.39, 0.29) is 23.2 Å². The second kappa shape index (κ2) is 5.18. The Bertz CT molecular complexity index is 732. The number of anilines is 1. The highest BCUT2D eigenvalue weighted by atomic mass is 35.5. The normalized spacial score (nSPS) is 16.6. The molecule has 106 valence electrons. The quantitative estimate of drug-likeness (QED) is 0.866. The third-order valence-electron chi connectivity index (χ3n) is 3.50. The molecule has 0 saturated carbocycles. The summed E-state index contributed by atoms with van der Waals surface area (Å²) in [4.78, 5) is 29.3. The van der Waals surface area contributed by atoms with Gasteiger partial charge in [-0.25, -0.2) is 4.98 Å². The molecule has 2 aromatic rings. The lowest BCUT2D eigenvalue weighted by molar-refractivity contribution is -0.138. The second-order valence-corrected chi connectivity index (χ2v) is 5.07. The van der Waals surface area contributed by atoms with Crippen LogP contribution in [0.25, 0.3) is 0 Å². The van der Waals surface area contributed by atoms with E-state index in [1.807, 2.05) is 0 Å². The van der Waals surface area contributed by atoms with Crippen molar-refractivity contribution in [2.24, 2.45) is 0 Å². The van der Waals surface area contributed by atoms with Gasteiger partial charge in [-0.2, -0.15) is 0 Å². The highest BCUT2D eigenvalue weighted by Gasteiger charge is 2.37. The van der Waals surface area contributed by atoms with Gasteiger partial charge < -0.3 is 10.0 Å². The van der Waals surface area contributed by atoms with Gasteiger partial charge in [-0.1, -0.05) is 29.8 Å². The minimum Gasteiger partial charge on any atom is -0.481 e. The average Bonchev–Trinajstić information content (AvgIpc) is 2.87. The number of carboxylic acid groups (broad SMARTS) is 1. The molecule has 3 rings (SSSR count). The highest BCUT2D eigenvalue weighted by molar-refractivity contribution is 6.33. The monoisotopic (exact) mass is 302 g/mol. The zero-order chi connectivity index (χ0) is 15.0. The average molecular weight is 303 g/mol. The Balaban J connectivity index is 2.03. The minimum absolute atomic E-state index is 0.0960. The SMILES string of the molecule is O=C(O)C1CN(C(=O)c2cccnc2Cl)c2ccccc21. The van der Waals surface area contributed by atoms with Crippen molar-refractivity contribution in [1.29, 1.82) is 0 Å². The van der Waals surface area contributed by atoms with Gasteiger partial charge in [-0.3, -0.25) is 9.59 Å². The Morgan fingerprint density at radius 1 is 1.24 bits per heavy atom. The maximum atomic E-state index is 12.6. The summed E-state index contributed by atoms with van der Waals surface area (Å²) >= 11 is 5.95. The van der Waals surface area contributed by atoms with Crippen LogP contribution in [-0.4, -0.2) is 28.5 Å². The standard InChI is InChI=1S/C15H11ClN2O3/c16-13-10(5-3-7-17-13)14(19)18-8-11(15(20)21)9-4-1-2-6-12(9)18/h1-7,11H,8H2,(H,20,21). The van der Waals surface area contributed by atoms with E-state index < -0.39 is 11.9 Å². The molecule has 1 N–H and O–H groups in total. The number of carbonyl (C=O) groups is 2. The first-order valence-electron chi connectivity index (χ1n) is 6.33. The molecule has 1 aliphatic heterocycles. The van der Waals surface area contributed by atoms with Crippen LogP contribution in [0.2, 0.25) is 5.15 Å². The van der Waals surface area contributed by atoms with Crippen LogP contribution in [0.15, 0.2) is 42.6 Å². The van der Waals surface area contributed by atoms with Gasteiger partial charge in [0.05, 0.1) is 5.56 Å². The third-order valence-corrected chi connectivity index (χ3v) is 3.80. The van der Waals surface area contributed by atoms with Crippen molar-refractivity contribution in [2.45, 2.75) is 5.92 Å². The first-order chi connectivity index (χ1) is 10.1. The highest BCUT2D eigenvalue weighted by Crippen LogP contribution is 2.37. The number of benzene rings is 1. The number of aromatic nitrogens is 1. The Morgan fingerprint density at radius 2 is 2.00 bits per heavy atom.